The van der Waals surface area contributed by atoms with Gasteiger partial charge in [0.25, 0.3) is 5.56 Å². The van der Waals surface area contributed by atoms with Crippen LogP contribution in [0.5, 0.6) is 0 Å². The Hall–Kier alpha value is -2.74. The topological polar surface area (TPSA) is 65.1 Å². The van der Waals surface area contributed by atoms with E-state index < -0.39 is 5.69 Å². The fourth-order valence-electron chi connectivity index (χ4n) is 4.19. The van der Waals surface area contributed by atoms with Gasteiger partial charge in [-0.1, -0.05) is 19.1 Å². The van der Waals surface area contributed by atoms with E-state index in [1.165, 1.54) is 30.2 Å². The van der Waals surface area contributed by atoms with Gasteiger partial charge in [0.15, 0.2) is 11.2 Å². The lowest BCUT2D eigenvalue weighted by atomic mass is 10.0. The minimum absolute atomic E-state index is 0.301. The van der Waals surface area contributed by atoms with Gasteiger partial charge in [-0.2, -0.15) is 0 Å². The van der Waals surface area contributed by atoms with Gasteiger partial charge in [0, 0.05) is 27.2 Å². The fraction of sp³-hybridized carbons (Fsp3) is 0.476. The lowest BCUT2D eigenvalue weighted by Gasteiger charge is -2.30. The van der Waals surface area contributed by atoms with Crippen LogP contribution in [0.25, 0.3) is 11.2 Å². The zero-order chi connectivity index (χ0) is 20.7. The molecule has 1 unspecified atom stereocenters. The van der Waals surface area contributed by atoms with Gasteiger partial charge in [-0.05, 0) is 43.0 Å². The highest BCUT2D eigenvalue weighted by atomic mass is 19.1. The average molecular weight is 399 g/mol. The molecule has 154 valence electrons. The van der Waals surface area contributed by atoms with Crippen LogP contribution < -0.4 is 11.2 Å². The number of piperidine rings is 1. The number of rotatable bonds is 4. The Morgan fingerprint density at radius 3 is 2.52 bits per heavy atom. The lowest BCUT2D eigenvalue weighted by molar-refractivity contribution is 0.171. The minimum atomic E-state index is -0.396. The number of likely N-dealkylation sites (tertiary alicyclic amines) is 1. The molecule has 1 aliphatic rings. The second-order valence-electron chi connectivity index (χ2n) is 8.10. The van der Waals surface area contributed by atoms with Crippen molar-refractivity contribution >= 4 is 11.2 Å². The van der Waals surface area contributed by atoms with E-state index in [0.29, 0.717) is 30.2 Å². The summed E-state index contributed by atoms with van der Waals surface area (Å²) in [5, 5.41) is 0. The lowest BCUT2D eigenvalue weighted by Crippen LogP contribution is -2.37. The molecule has 0 aliphatic carbocycles. The smallest absolute Gasteiger partial charge is 0.317 e. The maximum Gasteiger partial charge on any atom is 0.332 e. The maximum absolute atomic E-state index is 13.3. The SMILES string of the molecule is CC1CCCN(Cc2nc3c(c(=O)n(C)c(=O)n3C)n2Cc2ccc(F)cc2)C1. The third-order valence-electron chi connectivity index (χ3n) is 5.79. The van der Waals surface area contributed by atoms with E-state index in [2.05, 4.69) is 11.8 Å². The maximum atomic E-state index is 13.3. The van der Waals surface area contributed by atoms with Crippen LogP contribution in [0.3, 0.4) is 0 Å². The molecule has 2 aromatic heterocycles. The summed E-state index contributed by atoms with van der Waals surface area (Å²) in [5.41, 5.74) is 0.900. The summed E-state index contributed by atoms with van der Waals surface area (Å²) in [4.78, 5) is 32.4. The number of imidazole rings is 1. The van der Waals surface area contributed by atoms with Crippen molar-refractivity contribution in [1.29, 1.82) is 0 Å². The summed E-state index contributed by atoms with van der Waals surface area (Å²) in [6, 6.07) is 6.24. The molecule has 3 aromatic rings. The van der Waals surface area contributed by atoms with Gasteiger partial charge in [-0.25, -0.2) is 14.2 Å². The van der Waals surface area contributed by atoms with Gasteiger partial charge in [0.05, 0.1) is 6.54 Å². The van der Waals surface area contributed by atoms with E-state index in [1.807, 2.05) is 4.57 Å². The average Bonchev–Trinajstić information content (AvgIpc) is 3.04. The molecule has 29 heavy (non-hydrogen) atoms. The zero-order valence-electron chi connectivity index (χ0n) is 17.1. The molecule has 7 nitrogen and oxygen atoms in total. The normalized spacial score (nSPS) is 17.9. The molecule has 0 bridgehead atoms. The second-order valence-corrected chi connectivity index (χ2v) is 8.10. The first-order valence-corrected chi connectivity index (χ1v) is 9.97. The second kappa shape index (κ2) is 7.59. The van der Waals surface area contributed by atoms with Gasteiger partial charge < -0.3 is 4.57 Å². The van der Waals surface area contributed by atoms with Crippen LogP contribution in [-0.2, 0) is 27.2 Å². The summed E-state index contributed by atoms with van der Waals surface area (Å²) in [6.07, 6.45) is 2.36. The van der Waals surface area contributed by atoms with E-state index in [1.54, 1.807) is 19.2 Å². The van der Waals surface area contributed by atoms with E-state index in [4.69, 9.17) is 4.98 Å². The summed E-state index contributed by atoms with van der Waals surface area (Å²) in [6.45, 7) is 5.21. The Kier molecular flexibility index (Phi) is 5.12. The molecular weight excluding hydrogens is 373 g/mol. The van der Waals surface area contributed by atoms with Crippen molar-refractivity contribution in [3.05, 3.63) is 62.3 Å². The molecule has 1 aromatic carbocycles. The van der Waals surface area contributed by atoms with Gasteiger partial charge in [0.2, 0.25) is 0 Å². The van der Waals surface area contributed by atoms with Crippen molar-refractivity contribution in [3.63, 3.8) is 0 Å². The summed E-state index contributed by atoms with van der Waals surface area (Å²) < 4.78 is 17.7. The number of halogens is 1. The van der Waals surface area contributed by atoms with Crippen LogP contribution >= 0.6 is 0 Å². The molecule has 4 rings (SSSR count). The number of benzene rings is 1. The molecule has 1 fully saturated rings. The van der Waals surface area contributed by atoms with E-state index >= 15 is 0 Å². The number of hydrogen-bond donors (Lipinski definition) is 0. The minimum Gasteiger partial charge on any atom is -0.317 e. The van der Waals surface area contributed by atoms with Crippen molar-refractivity contribution < 1.29 is 4.39 Å². The summed E-state index contributed by atoms with van der Waals surface area (Å²) >= 11 is 0. The van der Waals surface area contributed by atoms with Crippen LogP contribution in [0.15, 0.2) is 33.9 Å². The largest absolute Gasteiger partial charge is 0.332 e. The van der Waals surface area contributed by atoms with Crippen LogP contribution in [0, 0.1) is 11.7 Å². The van der Waals surface area contributed by atoms with Gasteiger partial charge in [-0.15, -0.1) is 0 Å². The predicted molar refractivity (Wildman–Crippen MR) is 109 cm³/mol. The van der Waals surface area contributed by atoms with Crippen molar-refractivity contribution in [2.24, 2.45) is 20.0 Å². The quantitative estimate of drug-likeness (QED) is 0.672. The fourth-order valence-corrected chi connectivity index (χ4v) is 4.19. The molecule has 0 N–H and O–H groups in total. The van der Waals surface area contributed by atoms with Crippen molar-refractivity contribution in [1.82, 2.24) is 23.6 Å². The van der Waals surface area contributed by atoms with Gasteiger partial charge in [-0.3, -0.25) is 18.8 Å². The Morgan fingerprint density at radius 2 is 1.83 bits per heavy atom. The first-order valence-electron chi connectivity index (χ1n) is 9.97. The van der Waals surface area contributed by atoms with Gasteiger partial charge in [0.1, 0.15) is 11.6 Å². The zero-order valence-corrected chi connectivity index (χ0v) is 17.1. The van der Waals surface area contributed by atoms with Crippen molar-refractivity contribution in [3.8, 4) is 0 Å². The van der Waals surface area contributed by atoms with Gasteiger partial charge >= 0.3 is 5.69 Å². The highest BCUT2D eigenvalue weighted by Gasteiger charge is 2.23. The molecule has 1 aliphatic heterocycles. The van der Waals surface area contributed by atoms with E-state index in [9.17, 15) is 14.0 Å². The molecule has 1 saturated heterocycles. The first-order chi connectivity index (χ1) is 13.8. The summed E-state index contributed by atoms with van der Waals surface area (Å²) in [5.74, 6) is 1.07. The molecule has 0 radical (unpaired) electrons. The highest BCUT2D eigenvalue weighted by Crippen LogP contribution is 2.20. The highest BCUT2D eigenvalue weighted by molar-refractivity contribution is 5.71. The third-order valence-corrected chi connectivity index (χ3v) is 5.79. The summed E-state index contributed by atoms with van der Waals surface area (Å²) in [7, 11) is 3.11. The van der Waals surface area contributed by atoms with E-state index in [0.717, 1.165) is 35.5 Å². The first kappa shape index (κ1) is 19.6. The van der Waals surface area contributed by atoms with Crippen LogP contribution in [0.1, 0.15) is 31.2 Å². The number of nitrogens with zero attached hydrogens (tertiary/aromatic N) is 5. The Bertz CT molecular complexity index is 1160. The number of hydrogen-bond acceptors (Lipinski definition) is 4. The third kappa shape index (κ3) is 3.64. The standard InChI is InChI=1S/C21H26FN5O2/c1-14-5-4-10-26(11-14)13-17-23-19-18(20(28)25(3)21(29)24(19)2)27(17)12-15-6-8-16(22)9-7-15/h6-9,14H,4-5,10-13H2,1-3H3. The van der Waals surface area contributed by atoms with E-state index in [-0.39, 0.29) is 11.4 Å². The van der Waals surface area contributed by atoms with Crippen LogP contribution in [0.4, 0.5) is 4.39 Å². The Balaban J connectivity index is 1.85. The molecule has 0 saturated carbocycles. The van der Waals surface area contributed by atoms with Crippen molar-refractivity contribution in [2.75, 3.05) is 13.1 Å². The predicted octanol–water partition coefficient (Wildman–Crippen LogP) is 1.85. The Morgan fingerprint density at radius 1 is 1.10 bits per heavy atom. The molecule has 3 heterocycles. The molecular formula is C21H26FN5O2. The number of aryl methyl sites for hydroxylation is 1. The molecule has 8 heteroatoms. The molecule has 0 amide bonds. The number of fused-ring (bicyclic) bond motifs is 1. The van der Waals surface area contributed by atoms with Crippen molar-refractivity contribution in [2.45, 2.75) is 32.9 Å². The number of aromatic nitrogens is 4. The van der Waals surface area contributed by atoms with Crippen LogP contribution in [-0.4, -0.2) is 36.7 Å². The molecule has 1 atom stereocenters. The Labute approximate surface area is 168 Å². The monoisotopic (exact) mass is 399 g/mol. The molecule has 0 spiro atoms. The van der Waals surface area contributed by atoms with Crippen LogP contribution in [0.2, 0.25) is 0 Å².